The molecule has 0 aromatic heterocycles. The molecule has 0 radical (unpaired) electrons. The second-order valence-corrected chi connectivity index (χ2v) is 3.11. The van der Waals surface area contributed by atoms with Crippen LogP contribution in [0.3, 0.4) is 0 Å². The summed E-state index contributed by atoms with van der Waals surface area (Å²) in [6, 6.07) is 0. The van der Waals surface area contributed by atoms with Gasteiger partial charge in [0.2, 0.25) is 0 Å². The second-order valence-electron chi connectivity index (χ2n) is 0.714. The Morgan fingerprint density at radius 3 is 1.88 bits per heavy atom. The lowest BCUT2D eigenvalue weighted by atomic mass is 11.6. The van der Waals surface area contributed by atoms with Crippen molar-refractivity contribution in [1.29, 1.82) is 0 Å². The van der Waals surface area contributed by atoms with E-state index in [4.69, 9.17) is 0 Å². The summed E-state index contributed by atoms with van der Waals surface area (Å²) < 4.78 is 22.7. The van der Waals surface area contributed by atoms with E-state index in [2.05, 4.69) is 26.5 Å². The minimum Gasteiger partial charge on any atom is -0.320 e. The van der Waals surface area contributed by atoms with E-state index in [0.29, 0.717) is 0 Å². The third-order valence-electron chi connectivity index (χ3n) is 0.165. The molecule has 48 valence electrons. The molecule has 8 heavy (non-hydrogen) atoms. The average Bonchev–Trinajstić information content (AvgIpc) is 1.21. The molecular formula is CCl2O4S. The highest BCUT2D eigenvalue weighted by Crippen LogP contribution is 2.01. The monoisotopic (exact) mass is 178 g/mol. The standard InChI is InChI=1S/CCl2O4S/c2-1(4)7-8(3,5)6. The smallest absolute Gasteiger partial charge is 0.320 e. The summed E-state index contributed by atoms with van der Waals surface area (Å²) in [7, 11) is 0.140. The first-order valence-electron chi connectivity index (χ1n) is 1.25. The highest BCUT2D eigenvalue weighted by atomic mass is 35.7. The number of hydrogen-bond donors (Lipinski definition) is 0. The zero-order chi connectivity index (χ0) is 6.78. The van der Waals surface area contributed by atoms with E-state index in [-0.39, 0.29) is 0 Å². The summed E-state index contributed by atoms with van der Waals surface area (Å²) in [5.74, 6) is 0. The van der Waals surface area contributed by atoms with E-state index in [1.54, 1.807) is 0 Å². The number of rotatable bonds is 1. The molecule has 0 heterocycles. The van der Waals surface area contributed by atoms with Gasteiger partial charge >= 0.3 is 14.8 Å². The summed E-state index contributed by atoms with van der Waals surface area (Å²) in [6.45, 7) is 0. The lowest BCUT2D eigenvalue weighted by molar-refractivity contribution is 0.228. The number of hydrogen-bond acceptors (Lipinski definition) is 4. The summed E-state index contributed by atoms with van der Waals surface area (Å²) in [6.07, 6.45) is 0. The van der Waals surface area contributed by atoms with Gasteiger partial charge in [-0.05, 0) is 0 Å². The Morgan fingerprint density at radius 1 is 1.50 bits per heavy atom. The van der Waals surface area contributed by atoms with E-state index in [9.17, 15) is 13.2 Å². The first-order chi connectivity index (χ1) is 3.42. The minimum absolute atomic E-state index is 1.47. The lowest BCUT2D eigenvalue weighted by Crippen LogP contribution is -1.97. The molecule has 0 aliphatic heterocycles. The Kier molecular flexibility index (Phi) is 2.52. The molecule has 0 rings (SSSR count). The number of halogens is 2. The molecule has 7 heteroatoms. The van der Waals surface area contributed by atoms with Crippen LogP contribution in [0.2, 0.25) is 0 Å². The van der Waals surface area contributed by atoms with Gasteiger partial charge in [0.1, 0.15) is 0 Å². The van der Waals surface area contributed by atoms with Crippen molar-refractivity contribution >= 4 is 37.0 Å². The first kappa shape index (κ1) is 8.00. The maximum atomic E-state index is 9.68. The van der Waals surface area contributed by atoms with Crippen LogP contribution in [-0.4, -0.2) is 13.8 Å². The van der Waals surface area contributed by atoms with Crippen molar-refractivity contribution in [2.45, 2.75) is 0 Å². The van der Waals surface area contributed by atoms with Crippen LogP contribution >= 0.6 is 22.3 Å². The minimum atomic E-state index is -4.23. The molecule has 0 saturated carbocycles. The van der Waals surface area contributed by atoms with Crippen molar-refractivity contribution in [3.63, 3.8) is 0 Å². The third kappa shape index (κ3) is 6.00. The van der Waals surface area contributed by atoms with Gasteiger partial charge in [-0.25, -0.2) is 4.79 Å². The molecule has 4 nitrogen and oxygen atoms in total. The van der Waals surface area contributed by atoms with Crippen LogP contribution in [0.5, 0.6) is 0 Å². The maximum Gasteiger partial charge on any atom is 0.420 e. The molecule has 0 aromatic rings. The normalized spacial score (nSPS) is 10.8. The van der Waals surface area contributed by atoms with E-state index in [0.717, 1.165) is 0 Å². The van der Waals surface area contributed by atoms with Gasteiger partial charge in [0.25, 0.3) is 0 Å². The Labute approximate surface area is 55.0 Å². The molecular weight excluding hydrogens is 179 g/mol. The van der Waals surface area contributed by atoms with Crippen LogP contribution in [0.4, 0.5) is 4.79 Å². The molecule has 0 atom stereocenters. The predicted molar refractivity (Wildman–Crippen MR) is 27.1 cm³/mol. The van der Waals surface area contributed by atoms with Crippen molar-refractivity contribution in [3.05, 3.63) is 0 Å². The maximum absolute atomic E-state index is 9.68. The fraction of sp³-hybridized carbons (Fsp3) is 0. The van der Waals surface area contributed by atoms with Crippen LogP contribution in [0.25, 0.3) is 0 Å². The van der Waals surface area contributed by atoms with Crippen molar-refractivity contribution in [1.82, 2.24) is 0 Å². The van der Waals surface area contributed by atoms with Crippen molar-refractivity contribution in [2.75, 3.05) is 0 Å². The quantitative estimate of drug-likeness (QED) is 0.559. The molecule has 0 N–H and O–H groups in total. The third-order valence-corrected chi connectivity index (χ3v) is 0.873. The predicted octanol–water partition coefficient (Wildman–Crippen LogP) is 0.845. The summed E-state index contributed by atoms with van der Waals surface area (Å²) in [4.78, 5) is 9.54. The van der Waals surface area contributed by atoms with Crippen LogP contribution in [0.1, 0.15) is 0 Å². The van der Waals surface area contributed by atoms with Crippen molar-refractivity contribution in [3.8, 4) is 0 Å². The first-order valence-corrected chi connectivity index (χ1v) is 3.86. The Morgan fingerprint density at radius 2 is 1.88 bits per heavy atom. The van der Waals surface area contributed by atoms with Gasteiger partial charge in [-0.3, -0.25) is 0 Å². The van der Waals surface area contributed by atoms with Crippen LogP contribution in [-0.2, 0) is 13.5 Å². The number of carbonyl (C=O) groups is 1. The van der Waals surface area contributed by atoms with Gasteiger partial charge in [0.15, 0.2) is 0 Å². The van der Waals surface area contributed by atoms with E-state index >= 15 is 0 Å². The Balaban J connectivity index is 3.95. The van der Waals surface area contributed by atoms with Gasteiger partial charge in [0, 0.05) is 11.6 Å². The van der Waals surface area contributed by atoms with Gasteiger partial charge in [-0.15, -0.1) is 0 Å². The molecule has 0 aliphatic carbocycles. The van der Waals surface area contributed by atoms with Gasteiger partial charge in [-0.1, -0.05) is 0 Å². The summed E-state index contributed by atoms with van der Waals surface area (Å²) in [5, 5.41) is 0. The Hall–Kier alpha value is -0.000000000000000111. The van der Waals surface area contributed by atoms with E-state index in [1.807, 2.05) is 0 Å². The van der Waals surface area contributed by atoms with Crippen molar-refractivity contribution in [2.24, 2.45) is 0 Å². The highest BCUT2D eigenvalue weighted by molar-refractivity contribution is 8.10. The topological polar surface area (TPSA) is 60.4 Å². The lowest BCUT2D eigenvalue weighted by Gasteiger charge is -1.87. The summed E-state index contributed by atoms with van der Waals surface area (Å²) >= 11 is 4.44. The molecule has 0 unspecified atom stereocenters. The van der Waals surface area contributed by atoms with Gasteiger partial charge in [0.05, 0.1) is 10.7 Å². The van der Waals surface area contributed by atoms with E-state index < -0.39 is 14.8 Å². The van der Waals surface area contributed by atoms with Crippen LogP contribution in [0, 0.1) is 0 Å². The molecule has 0 aliphatic rings. The molecule has 0 spiro atoms. The second kappa shape index (κ2) is 2.52. The number of carbonyl (C=O) groups excluding carboxylic acids is 1. The fourth-order valence-corrected chi connectivity index (χ4v) is 0.752. The average molecular weight is 179 g/mol. The van der Waals surface area contributed by atoms with Crippen LogP contribution < -0.4 is 0 Å². The summed E-state index contributed by atoms with van der Waals surface area (Å²) in [5.41, 5.74) is -1.47. The Bertz CT molecular complexity index is 180. The van der Waals surface area contributed by atoms with Crippen LogP contribution in [0.15, 0.2) is 0 Å². The molecule has 0 bridgehead atoms. The van der Waals surface area contributed by atoms with Gasteiger partial charge < -0.3 is 4.18 Å². The zero-order valence-electron chi connectivity index (χ0n) is 3.30. The molecule has 0 saturated heterocycles. The highest BCUT2D eigenvalue weighted by Gasteiger charge is 2.08. The van der Waals surface area contributed by atoms with Crippen molar-refractivity contribution < 1.29 is 17.4 Å². The van der Waals surface area contributed by atoms with Gasteiger partial charge in [-0.2, -0.15) is 8.42 Å². The molecule has 0 aromatic carbocycles. The zero-order valence-corrected chi connectivity index (χ0v) is 5.63. The SMILES string of the molecule is O=C(Cl)OS(=O)(=O)Cl. The largest absolute Gasteiger partial charge is 0.420 e. The molecule has 0 fully saturated rings. The molecule has 0 amide bonds. The van der Waals surface area contributed by atoms with E-state index in [1.165, 1.54) is 0 Å². The fourth-order valence-electron chi connectivity index (χ4n) is 0.0783.